The normalized spacial score (nSPS) is 18.5. The molecule has 1 unspecified atom stereocenters. The van der Waals surface area contributed by atoms with Crippen LogP contribution in [0.25, 0.3) is 0 Å². The Morgan fingerprint density at radius 1 is 0.870 bits per heavy atom. The molecule has 0 bridgehead atoms. The van der Waals surface area contributed by atoms with Crippen LogP contribution in [0, 0.1) is 5.92 Å². The Kier molecular flexibility index (Phi) is 5.10. The minimum Gasteiger partial charge on any atom is -0.306 e. The lowest BCUT2D eigenvalue weighted by molar-refractivity contribution is 0.281. The van der Waals surface area contributed by atoms with Crippen LogP contribution in [0.1, 0.15) is 6.92 Å². The molecule has 2 heteroatoms. The molecule has 0 N–H and O–H groups in total. The highest BCUT2D eigenvalue weighted by molar-refractivity contribution is 7.76. The largest absolute Gasteiger partial charge is 0.306 e. The third-order valence-corrected chi connectivity index (χ3v) is 7.14. The zero-order chi connectivity index (χ0) is 16.2. The summed E-state index contributed by atoms with van der Waals surface area (Å²) >= 11 is 0. The first-order chi connectivity index (χ1) is 11.2. The molecule has 2 aromatic rings. The van der Waals surface area contributed by atoms with Gasteiger partial charge in [0.05, 0.1) is 0 Å². The second-order valence-corrected chi connectivity index (χ2v) is 8.43. The van der Waals surface area contributed by atoms with E-state index in [1.807, 2.05) is 0 Å². The van der Waals surface area contributed by atoms with Crippen LogP contribution < -0.4 is 10.6 Å². The Morgan fingerprint density at radius 3 is 1.87 bits per heavy atom. The van der Waals surface area contributed by atoms with E-state index in [1.165, 1.54) is 10.6 Å². The van der Waals surface area contributed by atoms with E-state index in [9.17, 15) is 0 Å². The molecule has 0 saturated carbocycles. The lowest BCUT2D eigenvalue weighted by Gasteiger charge is -2.32. The van der Waals surface area contributed by atoms with Crippen LogP contribution in [0.4, 0.5) is 0 Å². The van der Waals surface area contributed by atoms with Gasteiger partial charge < -0.3 is 4.90 Å². The van der Waals surface area contributed by atoms with Crippen LogP contribution in [-0.2, 0) is 0 Å². The SMILES string of the molecule is C[C@@H](C1C=CC=C1P(c1ccccc1)c1ccccc1)N(C)C. The molecule has 23 heavy (non-hydrogen) atoms. The summed E-state index contributed by atoms with van der Waals surface area (Å²) in [6.45, 7) is 2.32. The standard InChI is InChI=1S/C21H24NP/c1-17(22(2)3)20-15-10-16-21(20)23(18-11-6-4-7-12-18)19-13-8-5-9-14-19/h4-17,20H,1-3H3/t17-,20?/m0/s1. The Labute approximate surface area is 141 Å². The van der Waals surface area contributed by atoms with E-state index in [2.05, 4.69) is 105 Å². The molecular formula is C21H24NP. The molecule has 2 aromatic carbocycles. The van der Waals surface area contributed by atoms with Gasteiger partial charge in [-0.2, -0.15) is 0 Å². The Hall–Kier alpha value is -1.69. The van der Waals surface area contributed by atoms with Gasteiger partial charge in [-0.15, -0.1) is 0 Å². The smallest absolute Gasteiger partial charge is 0.0185 e. The highest BCUT2D eigenvalue weighted by atomic mass is 31.1. The van der Waals surface area contributed by atoms with Crippen molar-refractivity contribution in [2.75, 3.05) is 14.1 Å². The van der Waals surface area contributed by atoms with Gasteiger partial charge in [0.15, 0.2) is 0 Å². The maximum Gasteiger partial charge on any atom is 0.0185 e. The zero-order valence-electron chi connectivity index (χ0n) is 14.1. The molecular weight excluding hydrogens is 297 g/mol. The number of allylic oxidation sites excluding steroid dienone is 2. The zero-order valence-corrected chi connectivity index (χ0v) is 14.9. The average molecular weight is 321 g/mol. The molecule has 2 atom stereocenters. The first-order valence-electron chi connectivity index (χ1n) is 8.13. The molecule has 1 aliphatic carbocycles. The van der Waals surface area contributed by atoms with E-state index in [1.54, 1.807) is 5.31 Å². The predicted molar refractivity (Wildman–Crippen MR) is 103 cm³/mol. The monoisotopic (exact) mass is 321 g/mol. The van der Waals surface area contributed by atoms with Crippen LogP contribution in [-0.4, -0.2) is 25.0 Å². The second kappa shape index (κ2) is 7.25. The predicted octanol–water partition coefficient (Wildman–Crippen LogP) is 4.14. The fourth-order valence-electron chi connectivity index (χ4n) is 3.04. The summed E-state index contributed by atoms with van der Waals surface area (Å²) in [5.74, 6) is 0.483. The summed E-state index contributed by atoms with van der Waals surface area (Å²) in [4.78, 5) is 2.32. The third-order valence-electron chi connectivity index (χ3n) is 4.55. The van der Waals surface area contributed by atoms with E-state index in [4.69, 9.17) is 0 Å². The lowest BCUT2D eigenvalue weighted by atomic mass is 10.0. The highest BCUT2D eigenvalue weighted by Crippen LogP contribution is 2.50. The minimum atomic E-state index is -0.477. The third kappa shape index (κ3) is 3.47. The maximum atomic E-state index is 2.36. The van der Waals surface area contributed by atoms with Gasteiger partial charge >= 0.3 is 0 Å². The molecule has 1 aliphatic rings. The maximum absolute atomic E-state index is 2.36. The first-order valence-corrected chi connectivity index (χ1v) is 9.47. The number of benzene rings is 2. The van der Waals surface area contributed by atoms with Crippen molar-refractivity contribution in [1.29, 1.82) is 0 Å². The van der Waals surface area contributed by atoms with Crippen molar-refractivity contribution in [2.45, 2.75) is 13.0 Å². The van der Waals surface area contributed by atoms with E-state index in [0.717, 1.165) is 0 Å². The fraction of sp³-hybridized carbons (Fsp3) is 0.238. The summed E-state index contributed by atoms with van der Waals surface area (Å²) in [7, 11) is 3.86. The molecule has 0 saturated heterocycles. The molecule has 0 amide bonds. The van der Waals surface area contributed by atoms with Crippen molar-refractivity contribution >= 4 is 18.5 Å². The summed E-state index contributed by atoms with van der Waals surface area (Å²) in [6.07, 6.45) is 6.94. The highest BCUT2D eigenvalue weighted by Gasteiger charge is 2.30. The minimum absolute atomic E-state index is 0.477. The number of nitrogens with zero attached hydrogens (tertiary/aromatic N) is 1. The van der Waals surface area contributed by atoms with Gasteiger partial charge in [-0.05, 0) is 44.9 Å². The molecule has 0 heterocycles. The van der Waals surface area contributed by atoms with Gasteiger partial charge in [0, 0.05) is 12.0 Å². The molecule has 0 aliphatic heterocycles. The van der Waals surface area contributed by atoms with Crippen molar-refractivity contribution < 1.29 is 0 Å². The van der Waals surface area contributed by atoms with Gasteiger partial charge in [-0.1, -0.05) is 78.9 Å². The van der Waals surface area contributed by atoms with Gasteiger partial charge in [0.1, 0.15) is 0 Å². The average Bonchev–Trinajstić information content (AvgIpc) is 3.05. The summed E-state index contributed by atoms with van der Waals surface area (Å²) < 4.78 is 0. The fourth-order valence-corrected chi connectivity index (χ4v) is 5.71. The van der Waals surface area contributed by atoms with Crippen molar-refractivity contribution in [2.24, 2.45) is 5.92 Å². The van der Waals surface area contributed by atoms with E-state index < -0.39 is 7.92 Å². The van der Waals surface area contributed by atoms with E-state index >= 15 is 0 Å². The topological polar surface area (TPSA) is 3.24 Å². The quantitative estimate of drug-likeness (QED) is 0.748. The number of rotatable bonds is 5. The second-order valence-electron chi connectivity index (χ2n) is 6.21. The molecule has 118 valence electrons. The van der Waals surface area contributed by atoms with Crippen LogP contribution in [0.3, 0.4) is 0 Å². The van der Waals surface area contributed by atoms with Crippen LogP contribution in [0.5, 0.6) is 0 Å². The van der Waals surface area contributed by atoms with Crippen molar-refractivity contribution in [1.82, 2.24) is 4.90 Å². The van der Waals surface area contributed by atoms with E-state index in [0.29, 0.717) is 12.0 Å². The number of hydrogen-bond acceptors (Lipinski definition) is 1. The molecule has 0 spiro atoms. The van der Waals surface area contributed by atoms with Crippen LogP contribution in [0.2, 0.25) is 0 Å². The van der Waals surface area contributed by atoms with Gasteiger partial charge in [0.2, 0.25) is 0 Å². The molecule has 0 fully saturated rings. The van der Waals surface area contributed by atoms with Crippen LogP contribution >= 0.6 is 7.92 Å². The molecule has 0 radical (unpaired) electrons. The Morgan fingerprint density at radius 2 is 1.39 bits per heavy atom. The molecule has 3 rings (SSSR count). The summed E-state index contributed by atoms with van der Waals surface area (Å²) in [5.41, 5.74) is 0. The summed E-state index contributed by atoms with van der Waals surface area (Å²) in [5, 5.41) is 4.41. The van der Waals surface area contributed by atoms with E-state index in [-0.39, 0.29) is 0 Å². The Balaban J connectivity index is 2.03. The van der Waals surface area contributed by atoms with Crippen molar-refractivity contribution in [3.05, 3.63) is 84.2 Å². The number of hydrogen-bond donors (Lipinski definition) is 0. The Bertz CT molecular complexity index is 649. The van der Waals surface area contributed by atoms with Crippen LogP contribution in [0.15, 0.2) is 84.2 Å². The van der Waals surface area contributed by atoms with Gasteiger partial charge in [-0.3, -0.25) is 0 Å². The first kappa shape index (κ1) is 16.2. The lowest BCUT2D eigenvalue weighted by Crippen LogP contribution is -2.32. The van der Waals surface area contributed by atoms with Gasteiger partial charge in [0.25, 0.3) is 0 Å². The molecule has 0 aromatic heterocycles. The summed E-state index contributed by atoms with van der Waals surface area (Å²) in [6, 6.07) is 22.4. The van der Waals surface area contributed by atoms with Crippen molar-refractivity contribution in [3.8, 4) is 0 Å². The molecule has 1 nitrogen and oxygen atoms in total. The van der Waals surface area contributed by atoms with Crippen molar-refractivity contribution in [3.63, 3.8) is 0 Å². The van der Waals surface area contributed by atoms with Gasteiger partial charge in [-0.25, -0.2) is 0 Å².